The summed E-state index contributed by atoms with van der Waals surface area (Å²) in [7, 11) is 3.49. The van der Waals surface area contributed by atoms with Gasteiger partial charge in [-0.05, 0) is 48.2 Å². The number of likely N-dealkylation sites (N-methyl/N-ethyl adjacent to an activating group) is 1. The van der Waals surface area contributed by atoms with E-state index in [0.717, 1.165) is 42.1 Å². The Morgan fingerprint density at radius 1 is 1.23 bits per heavy atom. The van der Waals surface area contributed by atoms with E-state index in [9.17, 15) is 4.79 Å². The Kier molecular flexibility index (Phi) is 6.75. The lowest BCUT2D eigenvalue weighted by molar-refractivity contribution is -0.129. The van der Waals surface area contributed by atoms with E-state index >= 15 is 0 Å². The van der Waals surface area contributed by atoms with Crippen LogP contribution in [-0.2, 0) is 17.8 Å². The van der Waals surface area contributed by atoms with Crippen LogP contribution in [0.1, 0.15) is 17.5 Å². The number of ether oxygens (including phenoxy) is 1. The number of nitrogens with two attached hydrogens (primary N) is 1. The predicted molar refractivity (Wildman–Crippen MR) is 108 cm³/mol. The Morgan fingerprint density at radius 3 is 2.65 bits per heavy atom. The van der Waals surface area contributed by atoms with Crippen LogP contribution in [0.15, 0.2) is 42.5 Å². The van der Waals surface area contributed by atoms with Gasteiger partial charge in [0.25, 0.3) is 0 Å². The first-order chi connectivity index (χ1) is 12.1. The second-order valence-electron chi connectivity index (χ2n) is 6.47. The molecule has 6 heteroatoms. The minimum absolute atomic E-state index is 0. The molecule has 1 amide bonds. The molecule has 0 fully saturated rings. The number of rotatable bonds is 5. The summed E-state index contributed by atoms with van der Waals surface area (Å²) in [6.45, 7) is 1.85. The average Bonchev–Trinajstić information content (AvgIpc) is 2.63. The molecule has 2 aromatic rings. The molecule has 0 spiro atoms. The second-order valence-corrected chi connectivity index (χ2v) is 6.47. The highest BCUT2D eigenvalue weighted by atomic mass is 35.5. The van der Waals surface area contributed by atoms with Gasteiger partial charge in [0, 0.05) is 31.5 Å². The van der Waals surface area contributed by atoms with Crippen LogP contribution < -0.4 is 15.4 Å². The van der Waals surface area contributed by atoms with E-state index in [4.69, 9.17) is 10.5 Å². The molecule has 1 aliphatic rings. The standard InChI is InChI=1S/C20H25N3O2.ClH/c1-22(13-15-8-10-16(25-2)11-9-15)20(24)14-23-12-4-5-17-18(21)6-3-7-19(17)23;/h3,6-11H,4-5,12-14,21H2,1-2H3;1H. The zero-order valence-corrected chi connectivity index (χ0v) is 16.1. The normalized spacial score (nSPS) is 12.8. The molecule has 0 aromatic heterocycles. The molecule has 0 saturated heterocycles. The zero-order valence-electron chi connectivity index (χ0n) is 15.3. The van der Waals surface area contributed by atoms with Crippen molar-refractivity contribution in [2.45, 2.75) is 19.4 Å². The molecule has 0 atom stereocenters. The number of carbonyl (C=O) groups is 1. The van der Waals surface area contributed by atoms with Crippen molar-refractivity contribution in [3.8, 4) is 5.75 Å². The molecule has 140 valence electrons. The van der Waals surface area contributed by atoms with E-state index in [0.29, 0.717) is 13.1 Å². The first-order valence-corrected chi connectivity index (χ1v) is 8.57. The summed E-state index contributed by atoms with van der Waals surface area (Å²) in [5, 5.41) is 0. The fourth-order valence-corrected chi connectivity index (χ4v) is 3.27. The average molecular weight is 376 g/mol. The highest BCUT2D eigenvalue weighted by Gasteiger charge is 2.22. The van der Waals surface area contributed by atoms with Crippen LogP contribution in [0.3, 0.4) is 0 Å². The number of methoxy groups -OCH3 is 1. The molecule has 5 nitrogen and oxygen atoms in total. The Labute approximate surface area is 161 Å². The monoisotopic (exact) mass is 375 g/mol. The number of fused-ring (bicyclic) bond motifs is 1. The van der Waals surface area contributed by atoms with Crippen LogP contribution in [0.25, 0.3) is 0 Å². The van der Waals surface area contributed by atoms with E-state index in [-0.39, 0.29) is 18.3 Å². The molecule has 3 rings (SSSR count). The van der Waals surface area contributed by atoms with Crippen molar-refractivity contribution < 1.29 is 9.53 Å². The fourth-order valence-electron chi connectivity index (χ4n) is 3.27. The molecule has 26 heavy (non-hydrogen) atoms. The number of anilines is 2. The number of benzene rings is 2. The van der Waals surface area contributed by atoms with Gasteiger partial charge in [0.05, 0.1) is 13.7 Å². The zero-order chi connectivity index (χ0) is 17.8. The van der Waals surface area contributed by atoms with Crippen LogP contribution >= 0.6 is 12.4 Å². The summed E-state index contributed by atoms with van der Waals surface area (Å²) >= 11 is 0. The molecule has 2 aromatic carbocycles. The van der Waals surface area contributed by atoms with Crippen molar-refractivity contribution in [2.24, 2.45) is 0 Å². The first kappa shape index (κ1) is 19.9. The molecule has 0 bridgehead atoms. The first-order valence-electron chi connectivity index (χ1n) is 8.57. The van der Waals surface area contributed by atoms with Crippen molar-refractivity contribution in [2.75, 3.05) is 37.9 Å². The molecule has 0 unspecified atom stereocenters. The Hall–Kier alpha value is -2.40. The second kappa shape index (κ2) is 8.81. The highest BCUT2D eigenvalue weighted by Crippen LogP contribution is 2.31. The lowest BCUT2D eigenvalue weighted by Gasteiger charge is -2.32. The van der Waals surface area contributed by atoms with E-state index in [1.807, 2.05) is 43.4 Å². The topological polar surface area (TPSA) is 58.8 Å². The summed E-state index contributed by atoms with van der Waals surface area (Å²) in [4.78, 5) is 16.6. The summed E-state index contributed by atoms with van der Waals surface area (Å²) in [6, 6.07) is 13.7. The summed E-state index contributed by atoms with van der Waals surface area (Å²) in [5.41, 5.74) is 10.3. The van der Waals surface area contributed by atoms with Gasteiger partial charge in [0.15, 0.2) is 0 Å². The third-order valence-corrected chi connectivity index (χ3v) is 4.71. The highest BCUT2D eigenvalue weighted by molar-refractivity contribution is 5.85. The fraction of sp³-hybridized carbons (Fsp3) is 0.350. The van der Waals surface area contributed by atoms with Crippen LogP contribution in [0.5, 0.6) is 5.75 Å². The Balaban J connectivity index is 0.00000243. The van der Waals surface area contributed by atoms with E-state index in [2.05, 4.69) is 11.0 Å². The van der Waals surface area contributed by atoms with Gasteiger partial charge >= 0.3 is 0 Å². The molecule has 1 heterocycles. The van der Waals surface area contributed by atoms with Gasteiger partial charge in [-0.15, -0.1) is 12.4 Å². The van der Waals surface area contributed by atoms with E-state index in [1.54, 1.807) is 12.0 Å². The van der Waals surface area contributed by atoms with Crippen molar-refractivity contribution >= 4 is 29.7 Å². The van der Waals surface area contributed by atoms with E-state index < -0.39 is 0 Å². The molecular weight excluding hydrogens is 350 g/mol. The summed E-state index contributed by atoms with van der Waals surface area (Å²) < 4.78 is 5.17. The summed E-state index contributed by atoms with van der Waals surface area (Å²) in [6.07, 6.45) is 2.01. The van der Waals surface area contributed by atoms with Gasteiger partial charge < -0.3 is 20.3 Å². The van der Waals surface area contributed by atoms with Gasteiger partial charge in [-0.1, -0.05) is 18.2 Å². The Bertz CT molecular complexity index is 749. The lowest BCUT2D eigenvalue weighted by Crippen LogP contribution is -2.40. The van der Waals surface area contributed by atoms with Gasteiger partial charge in [0.2, 0.25) is 5.91 Å². The maximum absolute atomic E-state index is 12.7. The largest absolute Gasteiger partial charge is 0.497 e. The number of nitrogens with zero attached hydrogens (tertiary/aromatic N) is 2. The van der Waals surface area contributed by atoms with Gasteiger partial charge in [-0.25, -0.2) is 0 Å². The van der Waals surface area contributed by atoms with Crippen molar-refractivity contribution in [3.63, 3.8) is 0 Å². The molecule has 0 aliphatic carbocycles. The number of nitrogen functional groups attached to an aromatic ring is 1. The summed E-state index contributed by atoms with van der Waals surface area (Å²) in [5.74, 6) is 0.923. The van der Waals surface area contributed by atoms with Crippen molar-refractivity contribution in [1.82, 2.24) is 4.90 Å². The van der Waals surface area contributed by atoms with Gasteiger partial charge in [0.1, 0.15) is 5.75 Å². The van der Waals surface area contributed by atoms with Crippen LogP contribution in [0, 0.1) is 0 Å². The minimum Gasteiger partial charge on any atom is -0.497 e. The molecular formula is C20H26ClN3O2. The maximum Gasteiger partial charge on any atom is 0.242 e. The Morgan fingerprint density at radius 2 is 1.96 bits per heavy atom. The molecule has 2 N–H and O–H groups in total. The maximum atomic E-state index is 12.7. The van der Waals surface area contributed by atoms with Crippen molar-refractivity contribution in [3.05, 3.63) is 53.6 Å². The van der Waals surface area contributed by atoms with Gasteiger partial charge in [-0.2, -0.15) is 0 Å². The number of amides is 1. The predicted octanol–water partition coefficient (Wildman–Crippen LogP) is 3.11. The van der Waals surface area contributed by atoms with Crippen molar-refractivity contribution in [1.29, 1.82) is 0 Å². The molecule has 0 saturated carbocycles. The van der Waals surface area contributed by atoms with Crippen LogP contribution in [0.4, 0.5) is 11.4 Å². The van der Waals surface area contributed by atoms with Crippen LogP contribution in [-0.4, -0.2) is 38.1 Å². The lowest BCUT2D eigenvalue weighted by atomic mass is 10.00. The SMILES string of the molecule is COc1ccc(CN(C)C(=O)CN2CCCc3c(N)cccc32)cc1.Cl. The number of hydrogen-bond acceptors (Lipinski definition) is 4. The van der Waals surface area contributed by atoms with E-state index in [1.165, 1.54) is 5.56 Å². The van der Waals surface area contributed by atoms with Crippen LogP contribution in [0.2, 0.25) is 0 Å². The third-order valence-electron chi connectivity index (χ3n) is 4.71. The molecule has 1 aliphatic heterocycles. The third kappa shape index (κ3) is 4.41. The molecule has 0 radical (unpaired) electrons. The number of halogens is 1. The van der Waals surface area contributed by atoms with Gasteiger partial charge in [-0.3, -0.25) is 4.79 Å². The minimum atomic E-state index is 0. The number of hydrogen-bond donors (Lipinski definition) is 1. The number of carbonyl (C=O) groups excluding carboxylic acids is 1. The quantitative estimate of drug-likeness (QED) is 0.816. The smallest absolute Gasteiger partial charge is 0.242 e.